The van der Waals surface area contributed by atoms with Gasteiger partial charge in [0, 0.05) is 35.7 Å². The fourth-order valence-corrected chi connectivity index (χ4v) is 2.51. The maximum absolute atomic E-state index is 11.2. The molecule has 0 radical (unpaired) electrons. The molecule has 0 fully saturated rings. The summed E-state index contributed by atoms with van der Waals surface area (Å²) >= 11 is 0. The third-order valence-electron chi connectivity index (χ3n) is 3.56. The Bertz CT molecular complexity index is 1020. The molecule has 27 heavy (non-hydrogen) atoms. The third kappa shape index (κ3) is 5.03. The second-order valence-electron chi connectivity index (χ2n) is 5.92. The Kier molecular flexibility index (Phi) is 5.28. The molecule has 0 saturated heterocycles. The van der Waals surface area contributed by atoms with Gasteiger partial charge >= 0.3 is 0 Å². The number of nitrogens with zero attached hydrogens (tertiary/aromatic N) is 3. The molecule has 134 valence electrons. The highest BCUT2D eigenvalue weighted by molar-refractivity contribution is 5.89. The van der Waals surface area contributed by atoms with Gasteiger partial charge in [0.25, 0.3) is 0 Å². The number of carbonyl (C=O) groups is 1. The molecule has 1 aromatic heterocycles. The van der Waals surface area contributed by atoms with Crippen molar-refractivity contribution in [3.05, 3.63) is 65.9 Å². The van der Waals surface area contributed by atoms with E-state index in [0.717, 1.165) is 17.1 Å². The van der Waals surface area contributed by atoms with E-state index in [1.54, 1.807) is 18.2 Å². The lowest BCUT2D eigenvalue weighted by Gasteiger charge is -2.11. The fraction of sp³-hybridized carbons (Fsp3) is 0.100. The first kappa shape index (κ1) is 17.9. The fourth-order valence-electron chi connectivity index (χ4n) is 2.51. The molecule has 2 aromatic carbocycles. The normalized spacial score (nSPS) is 9.96. The SMILES string of the molecule is CC(=O)Nc1cccc(Nc2cc(C)nc(Nc3cccc(C#N)c3)n2)c1. The zero-order valence-electron chi connectivity index (χ0n) is 14.9. The van der Waals surface area contributed by atoms with Gasteiger partial charge in [0.1, 0.15) is 5.82 Å². The van der Waals surface area contributed by atoms with Crippen LogP contribution in [0.25, 0.3) is 0 Å². The van der Waals surface area contributed by atoms with E-state index in [1.165, 1.54) is 6.92 Å². The van der Waals surface area contributed by atoms with Gasteiger partial charge in [-0.1, -0.05) is 12.1 Å². The Balaban J connectivity index is 1.81. The van der Waals surface area contributed by atoms with Crippen LogP contribution in [0.2, 0.25) is 0 Å². The van der Waals surface area contributed by atoms with Crippen LogP contribution >= 0.6 is 0 Å². The van der Waals surface area contributed by atoms with Gasteiger partial charge in [-0.2, -0.15) is 10.2 Å². The molecule has 7 heteroatoms. The molecule has 1 heterocycles. The van der Waals surface area contributed by atoms with Crippen LogP contribution < -0.4 is 16.0 Å². The number of aryl methyl sites for hydroxylation is 1. The second-order valence-corrected chi connectivity index (χ2v) is 5.92. The molecule has 7 nitrogen and oxygen atoms in total. The Morgan fingerprint density at radius 2 is 1.67 bits per heavy atom. The summed E-state index contributed by atoms with van der Waals surface area (Å²) in [4.78, 5) is 20.1. The van der Waals surface area contributed by atoms with E-state index in [1.807, 2.05) is 43.3 Å². The smallest absolute Gasteiger partial charge is 0.229 e. The van der Waals surface area contributed by atoms with Crippen LogP contribution in [-0.4, -0.2) is 15.9 Å². The van der Waals surface area contributed by atoms with E-state index in [0.29, 0.717) is 23.0 Å². The molecule has 0 bridgehead atoms. The Morgan fingerprint density at radius 3 is 2.41 bits per heavy atom. The maximum atomic E-state index is 11.2. The van der Waals surface area contributed by atoms with Gasteiger partial charge in [0.2, 0.25) is 11.9 Å². The number of nitriles is 1. The lowest BCUT2D eigenvalue weighted by molar-refractivity contribution is -0.114. The van der Waals surface area contributed by atoms with Gasteiger partial charge in [-0.05, 0) is 43.3 Å². The largest absolute Gasteiger partial charge is 0.340 e. The Morgan fingerprint density at radius 1 is 0.963 bits per heavy atom. The van der Waals surface area contributed by atoms with Crippen LogP contribution in [0.4, 0.5) is 28.8 Å². The van der Waals surface area contributed by atoms with Crippen molar-refractivity contribution < 1.29 is 4.79 Å². The molecule has 3 aromatic rings. The molecule has 3 N–H and O–H groups in total. The van der Waals surface area contributed by atoms with Gasteiger partial charge in [-0.15, -0.1) is 0 Å². The number of hydrogen-bond donors (Lipinski definition) is 3. The van der Waals surface area contributed by atoms with Crippen LogP contribution in [-0.2, 0) is 4.79 Å². The first-order valence-electron chi connectivity index (χ1n) is 8.29. The van der Waals surface area contributed by atoms with Crippen LogP contribution in [0.1, 0.15) is 18.2 Å². The molecule has 0 atom stereocenters. The average Bonchev–Trinajstić information content (AvgIpc) is 2.61. The van der Waals surface area contributed by atoms with Crippen molar-refractivity contribution in [2.24, 2.45) is 0 Å². The van der Waals surface area contributed by atoms with Crippen LogP contribution in [0.15, 0.2) is 54.6 Å². The van der Waals surface area contributed by atoms with Crippen LogP contribution in [0.5, 0.6) is 0 Å². The molecule has 3 rings (SSSR count). The number of rotatable bonds is 5. The number of aromatic nitrogens is 2. The highest BCUT2D eigenvalue weighted by atomic mass is 16.1. The number of nitrogens with one attached hydrogen (secondary N) is 3. The molecular formula is C20H18N6O. The lowest BCUT2D eigenvalue weighted by atomic mass is 10.2. The summed E-state index contributed by atoms with van der Waals surface area (Å²) < 4.78 is 0. The van der Waals surface area contributed by atoms with Crippen molar-refractivity contribution in [3.63, 3.8) is 0 Å². The standard InChI is InChI=1S/C20H18N6O/c1-13-9-19(24-18-8-4-7-17(11-18)23-14(2)27)26-20(22-13)25-16-6-3-5-15(10-16)12-21/h3-11H,1-2H3,(H,23,27)(H2,22,24,25,26). The summed E-state index contributed by atoms with van der Waals surface area (Å²) in [6, 6.07) is 18.4. The third-order valence-corrected chi connectivity index (χ3v) is 3.56. The highest BCUT2D eigenvalue weighted by Crippen LogP contribution is 2.22. The summed E-state index contributed by atoms with van der Waals surface area (Å²) in [6.07, 6.45) is 0. The predicted octanol–water partition coefficient (Wildman–Crippen LogP) is 4.10. The van der Waals surface area contributed by atoms with Crippen molar-refractivity contribution in [3.8, 4) is 6.07 Å². The number of carbonyl (C=O) groups excluding carboxylic acids is 1. The molecule has 0 aliphatic carbocycles. The molecule has 1 amide bonds. The quantitative estimate of drug-likeness (QED) is 0.634. The number of amides is 1. The number of benzene rings is 2. The van der Waals surface area contributed by atoms with Crippen LogP contribution in [0, 0.1) is 18.3 Å². The molecule has 0 aliphatic heterocycles. The first-order chi connectivity index (χ1) is 13.0. The van der Waals surface area contributed by atoms with E-state index in [9.17, 15) is 4.79 Å². The minimum Gasteiger partial charge on any atom is -0.340 e. The summed E-state index contributed by atoms with van der Waals surface area (Å²) in [5.41, 5.74) is 3.56. The van der Waals surface area contributed by atoms with E-state index in [4.69, 9.17) is 5.26 Å². The second kappa shape index (κ2) is 7.97. The number of anilines is 5. The average molecular weight is 358 g/mol. The summed E-state index contributed by atoms with van der Waals surface area (Å²) in [5.74, 6) is 0.906. The van der Waals surface area contributed by atoms with Crippen molar-refractivity contribution in [1.82, 2.24) is 9.97 Å². The van der Waals surface area contributed by atoms with Crippen LogP contribution in [0.3, 0.4) is 0 Å². The summed E-state index contributed by atoms with van der Waals surface area (Å²) in [7, 11) is 0. The van der Waals surface area contributed by atoms with E-state index in [2.05, 4.69) is 32.0 Å². The van der Waals surface area contributed by atoms with Crippen molar-refractivity contribution in [2.45, 2.75) is 13.8 Å². The lowest BCUT2D eigenvalue weighted by Crippen LogP contribution is -2.06. The zero-order valence-corrected chi connectivity index (χ0v) is 14.9. The van der Waals surface area contributed by atoms with Gasteiger partial charge in [0.15, 0.2) is 0 Å². The maximum Gasteiger partial charge on any atom is 0.229 e. The monoisotopic (exact) mass is 358 g/mol. The van der Waals surface area contributed by atoms with Gasteiger partial charge < -0.3 is 16.0 Å². The molecule has 0 aliphatic rings. The molecule has 0 spiro atoms. The topological polar surface area (TPSA) is 103 Å². The van der Waals surface area contributed by atoms with Crippen molar-refractivity contribution in [2.75, 3.05) is 16.0 Å². The minimum atomic E-state index is -0.129. The minimum absolute atomic E-state index is 0.129. The van der Waals surface area contributed by atoms with Crippen molar-refractivity contribution in [1.29, 1.82) is 5.26 Å². The Labute approximate surface area is 157 Å². The van der Waals surface area contributed by atoms with Gasteiger partial charge in [-0.25, -0.2) is 4.98 Å². The van der Waals surface area contributed by atoms with Crippen molar-refractivity contribution >= 4 is 34.7 Å². The number of hydrogen-bond acceptors (Lipinski definition) is 6. The zero-order chi connectivity index (χ0) is 19.2. The summed E-state index contributed by atoms with van der Waals surface area (Å²) in [5, 5.41) is 18.1. The highest BCUT2D eigenvalue weighted by Gasteiger charge is 2.05. The molecular weight excluding hydrogens is 340 g/mol. The van der Waals surface area contributed by atoms with Gasteiger partial charge in [0.05, 0.1) is 11.6 Å². The molecule has 0 saturated carbocycles. The van der Waals surface area contributed by atoms with E-state index < -0.39 is 0 Å². The Hall–Kier alpha value is -3.92. The van der Waals surface area contributed by atoms with Gasteiger partial charge in [-0.3, -0.25) is 4.79 Å². The van der Waals surface area contributed by atoms with E-state index >= 15 is 0 Å². The molecule has 0 unspecified atom stereocenters. The first-order valence-corrected chi connectivity index (χ1v) is 8.29. The predicted molar refractivity (Wildman–Crippen MR) is 105 cm³/mol. The van der Waals surface area contributed by atoms with E-state index in [-0.39, 0.29) is 5.91 Å². The summed E-state index contributed by atoms with van der Waals surface area (Å²) in [6.45, 7) is 3.34.